The first-order chi connectivity index (χ1) is 8.17. The normalized spacial score (nSPS) is 17.2. The number of likely N-dealkylation sites (N-methyl/N-ethyl adjacent to an activating group) is 1. The smallest absolute Gasteiger partial charge is 0.307 e. The topological polar surface area (TPSA) is 41.6 Å². The Morgan fingerprint density at radius 2 is 2.18 bits per heavy atom. The highest BCUT2D eigenvalue weighted by atomic mass is 16.5. The molecule has 1 atom stereocenters. The first-order valence-corrected chi connectivity index (χ1v) is 6.80. The summed E-state index contributed by atoms with van der Waals surface area (Å²) in [5.41, 5.74) is 0. The van der Waals surface area contributed by atoms with Crippen molar-refractivity contribution in [3.8, 4) is 0 Å². The predicted octanol–water partition coefficient (Wildman–Crippen LogP) is 1.40. The van der Waals surface area contributed by atoms with Crippen LogP contribution in [0.15, 0.2) is 0 Å². The van der Waals surface area contributed by atoms with Gasteiger partial charge >= 0.3 is 5.97 Å². The highest BCUT2D eigenvalue weighted by molar-refractivity contribution is 5.69. The SMILES string of the molecule is CCOC(=O)CC(C)NCCN(CC)C1CC1. The fraction of sp³-hybridized carbons (Fsp3) is 0.923. The van der Waals surface area contributed by atoms with Crippen molar-refractivity contribution in [1.82, 2.24) is 10.2 Å². The lowest BCUT2D eigenvalue weighted by Crippen LogP contribution is -2.38. The van der Waals surface area contributed by atoms with Crippen LogP contribution in [0.3, 0.4) is 0 Å². The zero-order valence-corrected chi connectivity index (χ0v) is 11.4. The molecule has 0 aromatic rings. The Labute approximate surface area is 105 Å². The van der Waals surface area contributed by atoms with Gasteiger partial charge in [0.2, 0.25) is 0 Å². The van der Waals surface area contributed by atoms with Crippen molar-refractivity contribution in [2.75, 3.05) is 26.2 Å². The fourth-order valence-electron chi connectivity index (χ4n) is 2.04. The van der Waals surface area contributed by atoms with Crippen molar-refractivity contribution in [3.63, 3.8) is 0 Å². The van der Waals surface area contributed by atoms with E-state index < -0.39 is 0 Å². The van der Waals surface area contributed by atoms with Gasteiger partial charge in [0.25, 0.3) is 0 Å². The van der Waals surface area contributed by atoms with E-state index in [2.05, 4.69) is 17.1 Å². The molecule has 17 heavy (non-hydrogen) atoms. The number of carbonyl (C=O) groups is 1. The van der Waals surface area contributed by atoms with E-state index in [9.17, 15) is 4.79 Å². The van der Waals surface area contributed by atoms with E-state index in [1.54, 1.807) is 0 Å². The average Bonchev–Trinajstić information content (AvgIpc) is 3.08. The highest BCUT2D eigenvalue weighted by Gasteiger charge is 2.27. The van der Waals surface area contributed by atoms with Gasteiger partial charge in [-0.05, 0) is 33.2 Å². The number of rotatable bonds is 9. The van der Waals surface area contributed by atoms with Crippen LogP contribution in [0.4, 0.5) is 0 Å². The van der Waals surface area contributed by atoms with E-state index in [1.807, 2.05) is 13.8 Å². The lowest BCUT2D eigenvalue weighted by molar-refractivity contribution is -0.143. The van der Waals surface area contributed by atoms with Crippen LogP contribution < -0.4 is 5.32 Å². The largest absolute Gasteiger partial charge is 0.466 e. The maximum atomic E-state index is 11.3. The fourth-order valence-corrected chi connectivity index (χ4v) is 2.04. The Hall–Kier alpha value is -0.610. The minimum Gasteiger partial charge on any atom is -0.466 e. The average molecular weight is 242 g/mol. The monoisotopic (exact) mass is 242 g/mol. The predicted molar refractivity (Wildman–Crippen MR) is 69.0 cm³/mol. The van der Waals surface area contributed by atoms with Crippen molar-refractivity contribution >= 4 is 5.97 Å². The molecular weight excluding hydrogens is 216 g/mol. The lowest BCUT2D eigenvalue weighted by Gasteiger charge is -2.21. The molecular formula is C13H26N2O2. The minimum absolute atomic E-state index is 0.109. The summed E-state index contributed by atoms with van der Waals surface area (Å²) >= 11 is 0. The van der Waals surface area contributed by atoms with Gasteiger partial charge in [-0.1, -0.05) is 6.92 Å². The molecule has 0 aliphatic heterocycles. The van der Waals surface area contributed by atoms with Crippen LogP contribution in [0.1, 0.15) is 40.0 Å². The Kier molecular flexibility index (Phi) is 6.52. The summed E-state index contributed by atoms with van der Waals surface area (Å²) in [6.45, 7) is 9.70. The van der Waals surface area contributed by atoms with E-state index in [-0.39, 0.29) is 12.0 Å². The molecule has 4 heteroatoms. The van der Waals surface area contributed by atoms with Gasteiger partial charge < -0.3 is 10.1 Å². The van der Waals surface area contributed by atoms with E-state index in [0.29, 0.717) is 13.0 Å². The molecule has 0 saturated heterocycles. The quantitative estimate of drug-likeness (QED) is 0.621. The Morgan fingerprint density at radius 3 is 2.71 bits per heavy atom. The van der Waals surface area contributed by atoms with Crippen LogP contribution in [0.2, 0.25) is 0 Å². The van der Waals surface area contributed by atoms with Gasteiger partial charge in [0.15, 0.2) is 0 Å². The third-order valence-corrected chi connectivity index (χ3v) is 3.14. The van der Waals surface area contributed by atoms with Crippen molar-refractivity contribution in [2.45, 2.75) is 52.1 Å². The Balaban J connectivity index is 2.06. The summed E-state index contributed by atoms with van der Waals surface area (Å²) in [4.78, 5) is 13.8. The summed E-state index contributed by atoms with van der Waals surface area (Å²) in [7, 11) is 0. The second-order valence-electron chi connectivity index (χ2n) is 4.72. The zero-order chi connectivity index (χ0) is 12.7. The van der Waals surface area contributed by atoms with Crippen LogP contribution in [-0.4, -0.2) is 49.2 Å². The first kappa shape index (κ1) is 14.5. The highest BCUT2D eigenvalue weighted by Crippen LogP contribution is 2.25. The number of nitrogens with zero attached hydrogens (tertiary/aromatic N) is 1. The molecule has 1 aliphatic carbocycles. The van der Waals surface area contributed by atoms with Gasteiger partial charge in [0, 0.05) is 25.2 Å². The lowest BCUT2D eigenvalue weighted by atomic mass is 10.2. The molecule has 1 unspecified atom stereocenters. The Bertz CT molecular complexity index is 229. The maximum Gasteiger partial charge on any atom is 0.307 e. The Morgan fingerprint density at radius 1 is 1.47 bits per heavy atom. The zero-order valence-electron chi connectivity index (χ0n) is 11.4. The van der Waals surface area contributed by atoms with Crippen LogP contribution in [0, 0.1) is 0 Å². The summed E-state index contributed by atoms with van der Waals surface area (Å²) in [6, 6.07) is 1.02. The third kappa shape index (κ3) is 6.03. The van der Waals surface area contributed by atoms with Gasteiger partial charge in [-0.2, -0.15) is 0 Å². The van der Waals surface area contributed by atoms with Gasteiger partial charge in [-0.25, -0.2) is 0 Å². The second kappa shape index (κ2) is 7.67. The van der Waals surface area contributed by atoms with Crippen LogP contribution in [0.25, 0.3) is 0 Å². The standard InChI is InChI=1S/C13H26N2O2/c1-4-15(12-6-7-12)9-8-14-11(3)10-13(16)17-5-2/h11-12,14H,4-10H2,1-3H3. The van der Waals surface area contributed by atoms with Crippen molar-refractivity contribution in [3.05, 3.63) is 0 Å². The number of ether oxygens (including phenoxy) is 1. The molecule has 1 N–H and O–H groups in total. The summed E-state index contributed by atoms with van der Waals surface area (Å²) in [5, 5.41) is 3.38. The molecule has 0 heterocycles. The van der Waals surface area contributed by atoms with Crippen molar-refractivity contribution < 1.29 is 9.53 Å². The molecule has 1 saturated carbocycles. The molecule has 100 valence electrons. The van der Waals surface area contributed by atoms with Crippen LogP contribution in [0.5, 0.6) is 0 Å². The van der Waals surface area contributed by atoms with Crippen LogP contribution in [-0.2, 0) is 9.53 Å². The molecule has 0 amide bonds. The molecule has 0 bridgehead atoms. The molecule has 4 nitrogen and oxygen atoms in total. The molecule has 0 aromatic carbocycles. The summed E-state index contributed by atoms with van der Waals surface area (Å²) < 4.78 is 4.92. The number of hydrogen-bond acceptors (Lipinski definition) is 4. The van der Waals surface area contributed by atoms with Crippen molar-refractivity contribution in [2.24, 2.45) is 0 Å². The summed E-state index contributed by atoms with van der Waals surface area (Å²) in [5.74, 6) is -0.109. The van der Waals surface area contributed by atoms with Gasteiger partial charge in [-0.15, -0.1) is 0 Å². The van der Waals surface area contributed by atoms with E-state index >= 15 is 0 Å². The molecule has 0 spiro atoms. The minimum atomic E-state index is -0.109. The van der Waals surface area contributed by atoms with E-state index in [4.69, 9.17) is 4.74 Å². The molecule has 1 aliphatic rings. The van der Waals surface area contributed by atoms with Gasteiger partial charge in [0.05, 0.1) is 13.0 Å². The van der Waals surface area contributed by atoms with E-state index in [0.717, 1.165) is 25.7 Å². The molecule has 0 radical (unpaired) electrons. The second-order valence-corrected chi connectivity index (χ2v) is 4.72. The van der Waals surface area contributed by atoms with Gasteiger partial charge in [0.1, 0.15) is 0 Å². The van der Waals surface area contributed by atoms with Crippen molar-refractivity contribution in [1.29, 1.82) is 0 Å². The van der Waals surface area contributed by atoms with E-state index in [1.165, 1.54) is 12.8 Å². The van der Waals surface area contributed by atoms with Gasteiger partial charge in [-0.3, -0.25) is 9.69 Å². The molecule has 0 aromatic heterocycles. The number of nitrogens with one attached hydrogen (secondary N) is 1. The third-order valence-electron chi connectivity index (χ3n) is 3.14. The first-order valence-electron chi connectivity index (χ1n) is 6.80. The number of esters is 1. The van der Waals surface area contributed by atoms with Crippen LogP contribution >= 0.6 is 0 Å². The number of carbonyl (C=O) groups excluding carboxylic acids is 1. The number of hydrogen-bond donors (Lipinski definition) is 1. The molecule has 1 rings (SSSR count). The molecule has 1 fully saturated rings. The summed E-state index contributed by atoms with van der Waals surface area (Å²) in [6.07, 6.45) is 3.17. The maximum absolute atomic E-state index is 11.3.